The maximum Gasteiger partial charge on any atom is 0.416 e. The van der Waals surface area contributed by atoms with Crippen LogP contribution in [-0.2, 0) is 29.0 Å². The highest BCUT2D eigenvalue weighted by Crippen LogP contribution is 2.31. The molecule has 32 heavy (non-hydrogen) atoms. The molecule has 0 fully saturated rings. The van der Waals surface area contributed by atoms with E-state index in [0.717, 1.165) is 23.8 Å². The summed E-state index contributed by atoms with van der Waals surface area (Å²) in [4.78, 5) is 10.6. The van der Waals surface area contributed by atoms with Gasteiger partial charge in [-0.25, -0.2) is 13.2 Å². The summed E-state index contributed by atoms with van der Waals surface area (Å²) in [6.45, 7) is 0. The van der Waals surface area contributed by atoms with Crippen molar-refractivity contribution in [2.24, 2.45) is 0 Å². The molecule has 0 unspecified atom stereocenters. The normalized spacial score (nSPS) is 11.8. The first-order valence-electron chi connectivity index (χ1n) is 9.66. The van der Waals surface area contributed by atoms with Crippen LogP contribution in [0.5, 0.6) is 0 Å². The number of halogens is 3. The zero-order valence-electron chi connectivity index (χ0n) is 16.8. The fourth-order valence-electron chi connectivity index (χ4n) is 3.22. The summed E-state index contributed by atoms with van der Waals surface area (Å²) < 4.78 is 66.6. The molecule has 0 atom stereocenters. The average Bonchev–Trinajstić information content (AvgIpc) is 2.74. The number of aromatic carboxylic acids is 1. The fourth-order valence-corrected chi connectivity index (χ4v) is 4.37. The molecule has 9 heteroatoms. The largest absolute Gasteiger partial charge is 0.478 e. The summed E-state index contributed by atoms with van der Waals surface area (Å²) in [6.07, 6.45) is -2.97. The topological polar surface area (TPSA) is 83.5 Å². The van der Waals surface area contributed by atoms with Crippen LogP contribution < -0.4 is 4.72 Å². The minimum Gasteiger partial charge on any atom is -0.478 e. The second-order valence-corrected chi connectivity index (χ2v) is 8.83. The van der Waals surface area contributed by atoms with Crippen molar-refractivity contribution >= 4 is 21.7 Å². The number of aryl methyl sites for hydroxylation is 2. The van der Waals surface area contributed by atoms with Crippen LogP contribution in [0.4, 0.5) is 18.9 Å². The molecule has 3 aromatic carbocycles. The monoisotopic (exact) mass is 463 g/mol. The number of rotatable bonds is 8. The standard InChI is InChI=1S/C23H20F3NO4S/c24-23(25,26)19-11-5-12-20(15-19)32(30,31)27-21-13-2-1-8-17(21)9-3-6-16-7-4-10-18(14-16)22(28)29/h1-2,4-5,7-8,10-15,27H,3,6,9H2,(H,28,29). The van der Waals surface area contributed by atoms with Crippen molar-refractivity contribution in [3.05, 3.63) is 95.1 Å². The van der Waals surface area contributed by atoms with Crippen molar-refractivity contribution in [2.45, 2.75) is 30.3 Å². The van der Waals surface area contributed by atoms with Gasteiger partial charge in [-0.2, -0.15) is 13.2 Å². The second-order valence-electron chi connectivity index (χ2n) is 7.15. The van der Waals surface area contributed by atoms with Gasteiger partial charge in [-0.05, 0) is 66.8 Å². The molecule has 0 spiro atoms. The molecule has 0 radical (unpaired) electrons. The van der Waals surface area contributed by atoms with E-state index in [-0.39, 0.29) is 11.3 Å². The third-order valence-corrected chi connectivity index (χ3v) is 6.18. The molecule has 3 aromatic rings. The predicted molar refractivity (Wildman–Crippen MR) is 114 cm³/mol. The summed E-state index contributed by atoms with van der Waals surface area (Å²) in [5.74, 6) is -1.01. The lowest BCUT2D eigenvalue weighted by Crippen LogP contribution is -2.15. The van der Waals surface area contributed by atoms with Crippen molar-refractivity contribution in [2.75, 3.05) is 4.72 Å². The molecule has 0 aliphatic carbocycles. The number of anilines is 1. The molecule has 0 saturated heterocycles. The van der Waals surface area contributed by atoms with Crippen LogP contribution in [0.3, 0.4) is 0 Å². The molecule has 2 N–H and O–H groups in total. The molecule has 3 rings (SSSR count). The van der Waals surface area contributed by atoms with Gasteiger partial charge in [0.1, 0.15) is 0 Å². The first-order chi connectivity index (χ1) is 15.1. The second kappa shape index (κ2) is 9.44. The van der Waals surface area contributed by atoms with E-state index in [1.807, 2.05) is 6.07 Å². The number of nitrogens with one attached hydrogen (secondary N) is 1. The highest BCUT2D eigenvalue weighted by atomic mass is 32.2. The maximum absolute atomic E-state index is 12.9. The van der Waals surface area contributed by atoms with Crippen molar-refractivity contribution in [1.82, 2.24) is 0 Å². The van der Waals surface area contributed by atoms with Gasteiger partial charge in [0.2, 0.25) is 0 Å². The smallest absolute Gasteiger partial charge is 0.416 e. The fraction of sp³-hybridized carbons (Fsp3) is 0.174. The van der Waals surface area contributed by atoms with Crippen molar-refractivity contribution in [3.8, 4) is 0 Å². The highest BCUT2D eigenvalue weighted by molar-refractivity contribution is 7.92. The quantitative estimate of drug-likeness (QED) is 0.470. The Balaban J connectivity index is 1.74. The lowest BCUT2D eigenvalue weighted by molar-refractivity contribution is -0.137. The Morgan fingerprint density at radius 2 is 1.62 bits per heavy atom. The SMILES string of the molecule is O=C(O)c1cccc(CCCc2ccccc2NS(=O)(=O)c2cccc(C(F)(F)F)c2)c1. The van der Waals surface area contributed by atoms with E-state index in [9.17, 15) is 26.4 Å². The number of carbonyl (C=O) groups is 1. The van der Waals surface area contributed by atoms with E-state index >= 15 is 0 Å². The molecule has 0 saturated carbocycles. The number of sulfonamides is 1. The third kappa shape index (κ3) is 5.88. The number of hydrogen-bond acceptors (Lipinski definition) is 3. The Morgan fingerprint density at radius 1 is 0.906 bits per heavy atom. The van der Waals surface area contributed by atoms with Gasteiger partial charge >= 0.3 is 12.1 Å². The number of alkyl halides is 3. The van der Waals surface area contributed by atoms with Gasteiger partial charge in [0.05, 0.1) is 21.7 Å². The Bertz CT molecular complexity index is 1220. The summed E-state index contributed by atoms with van der Waals surface area (Å²) in [5.41, 5.74) is 0.947. The minimum atomic E-state index is -4.65. The zero-order chi connectivity index (χ0) is 23.4. The number of carboxylic acids is 1. The van der Waals surface area contributed by atoms with E-state index < -0.39 is 32.6 Å². The summed E-state index contributed by atoms with van der Waals surface area (Å²) >= 11 is 0. The van der Waals surface area contributed by atoms with Crippen LogP contribution in [0.1, 0.15) is 33.5 Å². The van der Waals surface area contributed by atoms with Gasteiger partial charge in [-0.15, -0.1) is 0 Å². The first kappa shape index (κ1) is 23.3. The van der Waals surface area contributed by atoms with Crippen molar-refractivity contribution in [3.63, 3.8) is 0 Å². The third-order valence-electron chi connectivity index (χ3n) is 4.82. The molecule has 0 heterocycles. The molecule has 5 nitrogen and oxygen atoms in total. The average molecular weight is 463 g/mol. The summed E-state index contributed by atoms with van der Waals surface area (Å²) in [7, 11) is -4.23. The molecular formula is C23H20F3NO4S. The highest BCUT2D eigenvalue weighted by Gasteiger charge is 2.31. The number of hydrogen-bond donors (Lipinski definition) is 2. The van der Waals surface area contributed by atoms with E-state index in [4.69, 9.17) is 5.11 Å². The van der Waals surface area contributed by atoms with Gasteiger partial charge in [0.15, 0.2) is 0 Å². The Kier molecular flexibility index (Phi) is 6.88. The van der Waals surface area contributed by atoms with Gasteiger partial charge in [0, 0.05) is 0 Å². The molecule has 0 amide bonds. The Hall–Kier alpha value is -3.33. The number of carboxylic acid groups (broad SMARTS) is 1. The van der Waals surface area contributed by atoms with Gasteiger partial charge in [0.25, 0.3) is 10.0 Å². The summed E-state index contributed by atoms with van der Waals surface area (Å²) in [5, 5.41) is 9.09. The van der Waals surface area contributed by atoms with Crippen LogP contribution in [0.25, 0.3) is 0 Å². The molecule has 0 aliphatic rings. The number of benzene rings is 3. The van der Waals surface area contributed by atoms with E-state index in [1.54, 1.807) is 36.4 Å². The predicted octanol–water partition coefficient (Wildman–Crippen LogP) is 5.38. The molecule has 168 valence electrons. The Labute approximate surface area is 183 Å². The van der Waals surface area contributed by atoms with E-state index in [1.165, 1.54) is 6.07 Å². The maximum atomic E-state index is 12.9. The lowest BCUT2D eigenvalue weighted by atomic mass is 10.0. The van der Waals surface area contributed by atoms with Gasteiger partial charge < -0.3 is 5.11 Å². The first-order valence-corrected chi connectivity index (χ1v) is 11.1. The van der Waals surface area contributed by atoms with Crippen molar-refractivity contribution < 1.29 is 31.5 Å². The molecule has 0 bridgehead atoms. The lowest BCUT2D eigenvalue weighted by Gasteiger charge is -2.14. The van der Waals surface area contributed by atoms with Crippen molar-refractivity contribution in [1.29, 1.82) is 0 Å². The zero-order valence-corrected chi connectivity index (χ0v) is 17.6. The van der Waals surface area contributed by atoms with Crippen LogP contribution in [0, 0.1) is 0 Å². The number of para-hydroxylation sites is 1. The van der Waals surface area contributed by atoms with E-state index in [0.29, 0.717) is 30.9 Å². The van der Waals surface area contributed by atoms with Crippen LogP contribution in [-0.4, -0.2) is 19.5 Å². The Morgan fingerprint density at radius 3 is 2.34 bits per heavy atom. The minimum absolute atomic E-state index is 0.191. The van der Waals surface area contributed by atoms with Gasteiger partial charge in [-0.3, -0.25) is 4.72 Å². The van der Waals surface area contributed by atoms with Crippen LogP contribution >= 0.6 is 0 Å². The molecule has 0 aromatic heterocycles. The van der Waals surface area contributed by atoms with E-state index in [2.05, 4.69) is 4.72 Å². The molecule has 0 aliphatic heterocycles. The van der Waals surface area contributed by atoms with Gasteiger partial charge in [-0.1, -0.05) is 36.4 Å². The van der Waals surface area contributed by atoms with Crippen LogP contribution in [0.15, 0.2) is 77.7 Å². The van der Waals surface area contributed by atoms with Crippen LogP contribution in [0.2, 0.25) is 0 Å². The molecular weight excluding hydrogens is 443 g/mol. The summed E-state index contributed by atoms with van der Waals surface area (Å²) in [6, 6.07) is 16.8.